The van der Waals surface area contributed by atoms with Crippen molar-refractivity contribution in [2.75, 3.05) is 13.2 Å². The maximum Gasteiger partial charge on any atom is 0.280 e. The molecule has 0 unspecified atom stereocenters. The van der Waals surface area contributed by atoms with E-state index in [0.29, 0.717) is 9.34 Å². The molecule has 0 aliphatic carbocycles. The Labute approximate surface area is 78.2 Å². The van der Waals surface area contributed by atoms with Crippen LogP contribution in [0.2, 0.25) is 4.34 Å². The quantitative estimate of drug-likeness (QED) is 0.758. The van der Waals surface area contributed by atoms with Crippen molar-refractivity contribution in [3.05, 3.63) is 15.5 Å². The van der Waals surface area contributed by atoms with E-state index in [1.165, 1.54) is 6.20 Å². The minimum Gasteiger partial charge on any atom is -0.395 e. The molecular weight excluding hydrogens is 200 g/mol. The summed E-state index contributed by atoms with van der Waals surface area (Å²) in [6.45, 7) is 0.154. The first-order valence-corrected chi connectivity index (χ1v) is 4.44. The molecule has 1 aromatic heterocycles. The van der Waals surface area contributed by atoms with E-state index >= 15 is 0 Å². The maximum atomic E-state index is 11.1. The maximum absolute atomic E-state index is 11.1. The summed E-state index contributed by atoms with van der Waals surface area (Å²) in [7, 11) is 0. The van der Waals surface area contributed by atoms with E-state index in [9.17, 15) is 4.79 Å². The number of hydrogen-bond acceptors (Lipinski definition) is 4. The summed E-state index contributed by atoms with van der Waals surface area (Å²) in [4.78, 5) is 14.8. The topological polar surface area (TPSA) is 62.2 Å². The Kier molecular flexibility index (Phi) is 3.46. The normalized spacial score (nSPS) is 9.83. The van der Waals surface area contributed by atoms with Gasteiger partial charge in [-0.25, -0.2) is 4.98 Å². The van der Waals surface area contributed by atoms with Crippen LogP contribution in [0.5, 0.6) is 0 Å². The fourth-order valence-electron chi connectivity index (χ4n) is 0.604. The Balaban J connectivity index is 2.53. The van der Waals surface area contributed by atoms with Crippen LogP contribution < -0.4 is 5.32 Å². The third kappa shape index (κ3) is 2.44. The lowest BCUT2D eigenvalue weighted by Gasteiger charge is -1.97. The van der Waals surface area contributed by atoms with Crippen LogP contribution in [0.25, 0.3) is 0 Å². The first-order chi connectivity index (χ1) is 5.74. The van der Waals surface area contributed by atoms with E-state index in [2.05, 4.69) is 10.3 Å². The zero-order chi connectivity index (χ0) is 8.97. The number of carbonyl (C=O) groups is 1. The molecule has 66 valence electrons. The number of thiazole rings is 1. The second-order valence-corrected chi connectivity index (χ2v) is 3.61. The summed E-state index contributed by atoms with van der Waals surface area (Å²) in [6.07, 6.45) is 1.42. The molecule has 0 fully saturated rings. The number of rotatable bonds is 3. The number of aromatic nitrogens is 1. The minimum absolute atomic E-state index is 0.0785. The fraction of sp³-hybridized carbons (Fsp3) is 0.333. The van der Waals surface area contributed by atoms with Crippen LogP contribution >= 0.6 is 22.9 Å². The first-order valence-electron chi connectivity index (χ1n) is 3.24. The van der Waals surface area contributed by atoms with E-state index in [0.717, 1.165) is 11.3 Å². The van der Waals surface area contributed by atoms with E-state index in [-0.39, 0.29) is 19.1 Å². The molecular formula is C6H7ClN2O2S. The number of hydrogen-bond donors (Lipinski definition) is 2. The number of nitrogens with one attached hydrogen (secondary N) is 1. The third-order valence-electron chi connectivity index (χ3n) is 1.07. The minimum atomic E-state index is -0.305. The molecule has 6 heteroatoms. The second kappa shape index (κ2) is 4.39. The summed E-state index contributed by atoms with van der Waals surface area (Å²) in [5, 5.41) is 11.2. The molecule has 0 spiro atoms. The highest BCUT2D eigenvalue weighted by Gasteiger charge is 2.08. The van der Waals surface area contributed by atoms with Gasteiger partial charge < -0.3 is 10.4 Å². The Hall–Kier alpha value is -0.650. The molecule has 1 aromatic rings. The number of carbonyl (C=O) groups excluding carboxylic acids is 1. The van der Waals surface area contributed by atoms with Crippen molar-refractivity contribution in [2.45, 2.75) is 0 Å². The lowest BCUT2D eigenvalue weighted by Crippen LogP contribution is -2.26. The number of nitrogens with zero attached hydrogens (tertiary/aromatic N) is 1. The number of aliphatic hydroxyl groups is 1. The molecule has 12 heavy (non-hydrogen) atoms. The predicted octanol–water partition coefficient (Wildman–Crippen LogP) is 0.519. The van der Waals surface area contributed by atoms with Crippen LogP contribution in [0, 0.1) is 0 Å². The largest absolute Gasteiger partial charge is 0.395 e. The van der Waals surface area contributed by atoms with Crippen LogP contribution in [-0.2, 0) is 0 Å². The van der Waals surface area contributed by atoms with Crippen molar-refractivity contribution in [3.63, 3.8) is 0 Å². The molecule has 0 saturated heterocycles. The van der Waals surface area contributed by atoms with Gasteiger partial charge >= 0.3 is 0 Å². The fourth-order valence-corrected chi connectivity index (χ4v) is 1.43. The number of aliphatic hydroxyl groups excluding tert-OH is 1. The van der Waals surface area contributed by atoms with Gasteiger partial charge in [0.25, 0.3) is 5.91 Å². The predicted molar refractivity (Wildman–Crippen MR) is 46.5 cm³/mol. The second-order valence-electron chi connectivity index (χ2n) is 1.95. The zero-order valence-electron chi connectivity index (χ0n) is 6.08. The standard InChI is InChI=1S/C6H7ClN2O2S/c7-4-3-9-6(12-4)5(11)8-1-2-10/h3,10H,1-2H2,(H,8,11). The highest BCUT2D eigenvalue weighted by Crippen LogP contribution is 2.17. The van der Waals surface area contributed by atoms with Gasteiger partial charge in [0.1, 0.15) is 4.34 Å². The molecule has 0 aliphatic rings. The van der Waals surface area contributed by atoms with Gasteiger partial charge in [-0.15, -0.1) is 0 Å². The summed E-state index contributed by atoms with van der Waals surface area (Å²) in [5.74, 6) is -0.305. The van der Waals surface area contributed by atoms with Gasteiger partial charge in [-0.3, -0.25) is 4.79 Å². The van der Waals surface area contributed by atoms with Gasteiger partial charge in [-0.05, 0) is 0 Å². The average Bonchev–Trinajstić information content (AvgIpc) is 2.47. The molecule has 0 aromatic carbocycles. The molecule has 0 bridgehead atoms. The van der Waals surface area contributed by atoms with E-state index in [1.807, 2.05) is 0 Å². The SMILES string of the molecule is O=C(NCCO)c1ncc(Cl)s1. The lowest BCUT2D eigenvalue weighted by atomic mass is 10.6. The summed E-state index contributed by atoms with van der Waals surface area (Å²) >= 11 is 6.67. The van der Waals surface area contributed by atoms with Gasteiger partial charge in [0.15, 0.2) is 5.01 Å². The number of amides is 1. The molecule has 2 N–H and O–H groups in total. The summed E-state index contributed by atoms with van der Waals surface area (Å²) in [6, 6.07) is 0. The van der Waals surface area contributed by atoms with Crippen LogP contribution in [0.3, 0.4) is 0 Å². The van der Waals surface area contributed by atoms with Crippen LogP contribution in [0.15, 0.2) is 6.20 Å². The molecule has 0 aliphatic heterocycles. The van der Waals surface area contributed by atoms with E-state index < -0.39 is 0 Å². The molecule has 1 rings (SSSR count). The van der Waals surface area contributed by atoms with Crippen molar-refractivity contribution >= 4 is 28.8 Å². The molecule has 0 radical (unpaired) electrons. The highest BCUT2D eigenvalue weighted by atomic mass is 35.5. The smallest absolute Gasteiger partial charge is 0.280 e. The van der Waals surface area contributed by atoms with Gasteiger partial charge in [-0.2, -0.15) is 0 Å². The summed E-state index contributed by atoms with van der Waals surface area (Å²) in [5.41, 5.74) is 0. The zero-order valence-corrected chi connectivity index (χ0v) is 7.65. The Morgan fingerprint density at radius 2 is 2.58 bits per heavy atom. The third-order valence-corrected chi connectivity index (χ3v) is 2.18. The first kappa shape index (κ1) is 9.44. The molecule has 1 heterocycles. The van der Waals surface area contributed by atoms with Crippen molar-refractivity contribution in [1.29, 1.82) is 0 Å². The van der Waals surface area contributed by atoms with Crippen LogP contribution in [-0.4, -0.2) is 29.1 Å². The van der Waals surface area contributed by atoms with Gasteiger partial charge in [-0.1, -0.05) is 22.9 Å². The molecule has 0 saturated carbocycles. The molecule has 1 amide bonds. The Bertz CT molecular complexity index is 276. The van der Waals surface area contributed by atoms with E-state index in [1.54, 1.807) is 0 Å². The van der Waals surface area contributed by atoms with Gasteiger partial charge in [0.2, 0.25) is 0 Å². The van der Waals surface area contributed by atoms with Crippen LogP contribution in [0.4, 0.5) is 0 Å². The average molecular weight is 207 g/mol. The van der Waals surface area contributed by atoms with Crippen LogP contribution in [0.1, 0.15) is 9.80 Å². The van der Waals surface area contributed by atoms with Gasteiger partial charge in [0.05, 0.1) is 12.8 Å². The van der Waals surface area contributed by atoms with Crippen molar-refractivity contribution in [3.8, 4) is 0 Å². The molecule has 4 nitrogen and oxygen atoms in total. The lowest BCUT2D eigenvalue weighted by molar-refractivity contribution is 0.0944. The number of halogens is 1. The highest BCUT2D eigenvalue weighted by molar-refractivity contribution is 7.17. The summed E-state index contributed by atoms with van der Waals surface area (Å²) < 4.78 is 0.476. The van der Waals surface area contributed by atoms with Crippen molar-refractivity contribution in [2.24, 2.45) is 0 Å². The monoisotopic (exact) mass is 206 g/mol. The van der Waals surface area contributed by atoms with E-state index in [4.69, 9.17) is 16.7 Å². The Morgan fingerprint density at radius 1 is 1.83 bits per heavy atom. The van der Waals surface area contributed by atoms with Crippen molar-refractivity contribution < 1.29 is 9.90 Å². The molecule has 0 atom stereocenters. The van der Waals surface area contributed by atoms with Gasteiger partial charge in [0, 0.05) is 6.54 Å². The van der Waals surface area contributed by atoms with Crippen molar-refractivity contribution in [1.82, 2.24) is 10.3 Å². The Morgan fingerprint density at radius 3 is 3.08 bits per heavy atom.